The topological polar surface area (TPSA) is 57.6 Å². The summed E-state index contributed by atoms with van der Waals surface area (Å²) in [6.07, 6.45) is 2.17. The first kappa shape index (κ1) is 16.4. The number of halogens is 1. The molecule has 108 valence electrons. The van der Waals surface area contributed by atoms with Gasteiger partial charge in [-0.15, -0.1) is 0 Å². The Labute approximate surface area is 120 Å². The molecule has 4 nitrogen and oxygen atoms in total. The summed E-state index contributed by atoms with van der Waals surface area (Å²) in [5, 5.41) is 9.38. The second kappa shape index (κ2) is 7.85. The summed E-state index contributed by atoms with van der Waals surface area (Å²) in [5.74, 6) is 0. The molecule has 0 bridgehead atoms. The lowest BCUT2D eigenvalue weighted by atomic mass is 10.3. The van der Waals surface area contributed by atoms with E-state index in [2.05, 4.69) is 0 Å². The zero-order valence-electron chi connectivity index (χ0n) is 11.0. The summed E-state index contributed by atoms with van der Waals surface area (Å²) < 4.78 is 26.3. The van der Waals surface area contributed by atoms with E-state index in [1.165, 1.54) is 16.4 Å². The first-order valence-corrected chi connectivity index (χ1v) is 8.20. The number of benzene rings is 1. The molecule has 0 aliphatic rings. The van der Waals surface area contributed by atoms with Crippen LogP contribution in [0.2, 0.25) is 5.02 Å². The van der Waals surface area contributed by atoms with Crippen LogP contribution in [0.3, 0.4) is 0 Å². The summed E-state index contributed by atoms with van der Waals surface area (Å²) >= 11 is 5.77. The van der Waals surface area contributed by atoms with E-state index >= 15 is 0 Å². The number of nitrogens with zero attached hydrogens (tertiary/aromatic N) is 1. The molecule has 0 heterocycles. The fraction of sp³-hybridized carbons (Fsp3) is 0.538. The quantitative estimate of drug-likeness (QED) is 0.803. The first-order valence-electron chi connectivity index (χ1n) is 6.39. The maximum absolute atomic E-state index is 12.5. The van der Waals surface area contributed by atoms with Crippen molar-refractivity contribution in [3.05, 3.63) is 29.3 Å². The van der Waals surface area contributed by atoms with Gasteiger partial charge in [-0.05, 0) is 37.1 Å². The third kappa shape index (κ3) is 4.76. The number of sulfonamides is 1. The van der Waals surface area contributed by atoms with Crippen LogP contribution in [0.1, 0.15) is 26.2 Å². The number of rotatable bonds is 8. The fourth-order valence-electron chi connectivity index (χ4n) is 1.69. The second-order valence-electron chi connectivity index (χ2n) is 4.29. The number of unbranched alkanes of at least 4 members (excludes halogenated alkanes) is 1. The summed E-state index contributed by atoms with van der Waals surface area (Å²) in [4.78, 5) is 0.242. The lowest BCUT2D eigenvalue weighted by Gasteiger charge is -2.21. The van der Waals surface area contributed by atoms with Crippen LogP contribution in [0, 0.1) is 0 Å². The van der Waals surface area contributed by atoms with Crippen molar-refractivity contribution in [3.63, 3.8) is 0 Å². The van der Waals surface area contributed by atoms with Crippen molar-refractivity contribution in [1.82, 2.24) is 4.31 Å². The van der Waals surface area contributed by atoms with Crippen molar-refractivity contribution in [3.8, 4) is 0 Å². The molecule has 0 radical (unpaired) electrons. The minimum absolute atomic E-state index is 0.0151. The third-order valence-electron chi connectivity index (χ3n) is 2.78. The first-order chi connectivity index (χ1) is 9.02. The molecule has 19 heavy (non-hydrogen) atoms. The maximum atomic E-state index is 12.5. The minimum atomic E-state index is -3.50. The Kier molecular flexibility index (Phi) is 6.79. The highest BCUT2D eigenvalue weighted by molar-refractivity contribution is 7.89. The van der Waals surface area contributed by atoms with Crippen LogP contribution < -0.4 is 0 Å². The third-order valence-corrected chi connectivity index (χ3v) is 4.94. The predicted octanol–water partition coefficient (Wildman–Crippen LogP) is 2.51. The molecular weight excluding hydrogens is 286 g/mol. The monoisotopic (exact) mass is 305 g/mol. The van der Waals surface area contributed by atoms with Crippen molar-refractivity contribution >= 4 is 21.6 Å². The van der Waals surface area contributed by atoms with Gasteiger partial charge in [0.25, 0.3) is 0 Å². The predicted molar refractivity (Wildman–Crippen MR) is 76.8 cm³/mol. The Morgan fingerprint density at radius 3 is 2.26 bits per heavy atom. The molecule has 1 rings (SSSR count). The fourth-order valence-corrected chi connectivity index (χ4v) is 3.33. The lowest BCUT2D eigenvalue weighted by molar-refractivity contribution is 0.268. The molecule has 1 aromatic rings. The highest BCUT2D eigenvalue weighted by atomic mass is 35.5. The van der Waals surface area contributed by atoms with Gasteiger partial charge in [0.05, 0.1) is 4.90 Å². The zero-order chi connectivity index (χ0) is 14.3. The van der Waals surface area contributed by atoms with Gasteiger partial charge in [0.2, 0.25) is 10.0 Å². The molecule has 0 saturated heterocycles. The summed E-state index contributed by atoms with van der Waals surface area (Å²) in [5.41, 5.74) is 0. The van der Waals surface area contributed by atoms with E-state index in [1.807, 2.05) is 6.92 Å². The van der Waals surface area contributed by atoms with Crippen molar-refractivity contribution < 1.29 is 13.5 Å². The molecule has 0 amide bonds. The molecule has 1 aromatic carbocycles. The molecule has 0 saturated carbocycles. The molecule has 6 heteroatoms. The van der Waals surface area contributed by atoms with Crippen LogP contribution in [0.5, 0.6) is 0 Å². The molecule has 1 N–H and O–H groups in total. The summed E-state index contributed by atoms with van der Waals surface area (Å²) in [6, 6.07) is 6.15. The molecular formula is C13H20ClNO3S. The Morgan fingerprint density at radius 2 is 1.74 bits per heavy atom. The van der Waals surface area contributed by atoms with Crippen molar-refractivity contribution in [1.29, 1.82) is 0 Å². The van der Waals surface area contributed by atoms with Gasteiger partial charge >= 0.3 is 0 Å². The van der Waals surface area contributed by atoms with E-state index in [0.717, 1.165) is 12.8 Å². The summed E-state index contributed by atoms with van der Waals surface area (Å²) in [6.45, 7) is 2.81. The van der Waals surface area contributed by atoms with Gasteiger partial charge in [0.1, 0.15) is 0 Å². The SMILES string of the molecule is CCCCN(CCCO)S(=O)(=O)c1ccc(Cl)cc1. The van der Waals surface area contributed by atoms with Crippen LogP contribution in [-0.4, -0.2) is 37.5 Å². The van der Waals surface area contributed by atoms with E-state index in [4.69, 9.17) is 16.7 Å². The van der Waals surface area contributed by atoms with E-state index in [-0.39, 0.29) is 11.5 Å². The van der Waals surface area contributed by atoms with E-state index in [9.17, 15) is 8.42 Å². The Hall–Kier alpha value is -0.620. The van der Waals surface area contributed by atoms with Crippen molar-refractivity contribution in [2.75, 3.05) is 19.7 Å². The van der Waals surface area contributed by atoms with Gasteiger partial charge in [-0.25, -0.2) is 8.42 Å². The number of hydrogen-bond donors (Lipinski definition) is 1. The van der Waals surface area contributed by atoms with Crippen molar-refractivity contribution in [2.24, 2.45) is 0 Å². The highest BCUT2D eigenvalue weighted by Gasteiger charge is 2.23. The molecule has 0 fully saturated rings. The van der Waals surface area contributed by atoms with Gasteiger partial charge in [-0.3, -0.25) is 0 Å². The van der Waals surface area contributed by atoms with Gasteiger partial charge < -0.3 is 5.11 Å². The molecule has 0 spiro atoms. The van der Waals surface area contributed by atoms with Crippen LogP contribution in [0.15, 0.2) is 29.2 Å². The Bertz CT molecular complexity index is 465. The van der Waals surface area contributed by atoms with E-state index in [1.54, 1.807) is 12.1 Å². The largest absolute Gasteiger partial charge is 0.396 e. The molecule has 0 aromatic heterocycles. The normalized spacial score (nSPS) is 12.0. The Balaban J connectivity index is 2.93. The van der Waals surface area contributed by atoms with Gasteiger partial charge in [-0.2, -0.15) is 4.31 Å². The maximum Gasteiger partial charge on any atom is 0.243 e. The number of hydrogen-bond acceptors (Lipinski definition) is 3. The lowest BCUT2D eigenvalue weighted by Crippen LogP contribution is -2.33. The van der Waals surface area contributed by atoms with Gasteiger partial charge in [0, 0.05) is 24.7 Å². The molecule has 0 atom stereocenters. The Morgan fingerprint density at radius 1 is 1.16 bits per heavy atom. The zero-order valence-corrected chi connectivity index (χ0v) is 12.6. The van der Waals surface area contributed by atoms with Crippen LogP contribution in [-0.2, 0) is 10.0 Å². The van der Waals surface area contributed by atoms with Crippen LogP contribution in [0.25, 0.3) is 0 Å². The van der Waals surface area contributed by atoms with Crippen LogP contribution >= 0.6 is 11.6 Å². The van der Waals surface area contributed by atoms with Crippen molar-refractivity contribution in [2.45, 2.75) is 31.1 Å². The standard InChI is InChI=1S/C13H20ClNO3S/c1-2-3-9-15(10-4-11-16)19(17,18)13-7-5-12(14)6-8-13/h5-8,16H,2-4,9-11H2,1H3. The highest BCUT2D eigenvalue weighted by Crippen LogP contribution is 2.19. The summed E-state index contributed by atoms with van der Waals surface area (Å²) in [7, 11) is -3.50. The number of aliphatic hydroxyl groups is 1. The van der Waals surface area contributed by atoms with Gasteiger partial charge in [0.15, 0.2) is 0 Å². The molecule has 0 unspecified atom stereocenters. The van der Waals surface area contributed by atoms with Crippen LogP contribution in [0.4, 0.5) is 0 Å². The number of aliphatic hydroxyl groups excluding tert-OH is 1. The average molecular weight is 306 g/mol. The molecule has 0 aliphatic carbocycles. The van der Waals surface area contributed by atoms with E-state index in [0.29, 0.717) is 24.5 Å². The molecule has 0 aliphatic heterocycles. The smallest absolute Gasteiger partial charge is 0.243 e. The minimum Gasteiger partial charge on any atom is -0.396 e. The van der Waals surface area contributed by atoms with E-state index < -0.39 is 10.0 Å². The van der Waals surface area contributed by atoms with Gasteiger partial charge in [-0.1, -0.05) is 24.9 Å². The second-order valence-corrected chi connectivity index (χ2v) is 6.66. The average Bonchev–Trinajstić information content (AvgIpc) is 2.39.